The number of carbonyl (C=O) groups is 1. The Morgan fingerprint density at radius 3 is 2.34 bits per heavy atom. The normalized spacial score (nSPS) is 18.1. The predicted octanol–water partition coefficient (Wildman–Crippen LogP) is 5.07. The summed E-state index contributed by atoms with van der Waals surface area (Å²) in [6.07, 6.45) is 0.872. The van der Waals surface area contributed by atoms with Gasteiger partial charge in [-0.3, -0.25) is 4.79 Å². The first kappa shape index (κ1) is 19.1. The van der Waals surface area contributed by atoms with Gasteiger partial charge in [-0.15, -0.1) is 0 Å². The monoisotopic (exact) mass is 386 g/mol. The van der Waals surface area contributed by atoms with Crippen LogP contribution in [-0.4, -0.2) is 24.0 Å². The third-order valence-electron chi connectivity index (χ3n) is 5.56. The fraction of sp³-hybridized carbons (Fsp3) is 0.240. The number of fused-ring (bicyclic) bond motifs is 1. The van der Waals surface area contributed by atoms with Gasteiger partial charge in [0.15, 0.2) is 0 Å². The zero-order valence-electron chi connectivity index (χ0n) is 16.9. The van der Waals surface area contributed by atoms with Crippen molar-refractivity contribution in [3.8, 4) is 5.75 Å². The van der Waals surface area contributed by atoms with Crippen molar-refractivity contribution < 1.29 is 9.53 Å². The van der Waals surface area contributed by atoms with Crippen molar-refractivity contribution >= 4 is 11.6 Å². The zero-order chi connectivity index (χ0) is 20.3. The molecule has 4 rings (SSSR count). The number of hydrogen-bond acceptors (Lipinski definition) is 3. The highest BCUT2D eigenvalue weighted by Gasteiger charge is 2.41. The summed E-state index contributed by atoms with van der Waals surface area (Å²) in [6, 6.07) is 26.0. The maximum Gasteiger partial charge on any atom is 0.258 e. The summed E-state index contributed by atoms with van der Waals surface area (Å²) in [6.45, 7) is 5.31. The molecular weight excluding hydrogens is 360 g/mol. The van der Waals surface area contributed by atoms with Gasteiger partial charge in [0.2, 0.25) is 0 Å². The van der Waals surface area contributed by atoms with E-state index in [1.165, 1.54) is 5.56 Å². The van der Waals surface area contributed by atoms with E-state index in [-0.39, 0.29) is 5.91 Å². The van der Waals surface area contributed by atoms with E-state index < -0.39 is 5.66 Å². The van der Waals surface area contributed by atoms with Crippen LogP contribution in [0, 0.1) is 0 Å². The molecule has 0 aromatic heterocycles. The maximum absolute atomic E-state index is 13.0. The number of rotatable bonds is 6. The molecule has 0 spiro atoms. The summed E-state index contributed by atoms with van der Waals surface area (Å²) in [7, 11) is 0. The number of para-hydroxylation sites is 1. The van der Waals surface area contributed by atoms with Gasteiger partial charge < -0.3 is 15.0 Å². The molecule has 0 fully saturated rings. The Kier molecular flexibility index (Phi) is 5.26. The molecule has 1 aliphatic rings. The van der Waals surface area contributed by atoms with Crippen LogP contribution in [0.4, 0.5) is 5.69 Å². The molecule has 1 atom stereocenters. The van der Waals surface area contributed by atoms with Gasteiger partial charge in [0.05, 0.1) is 12.2 Å². The minimum atomic E-state index is -0.608. The second kappa shape index (κ2) is 8.00. The van der Waals surface area contributed by atoms with Gasteiger partial charge in [0.25, 0.3) is 5.91 Å². The summed E-state index contributed by atoms with van der Waals surface area (Å²) >= 11 is 0. The molecule has 0 aliphatic carbocycles. The van der Waals surface area contributed by atoms with Gasteiger partial charge in [-0.2, -0.15) is 0 Å². The van der Waals surface area contributed by atoms with Crippen molar-refractivity contribution in [1.29, 1.82) is 0 Å². The second-order valence-electron chi connectivity index (χ2n) is 7.40. The van der Waals surface area contributed by atoms with Crippen molar-refractivity contribution in [2.75, 3.05) is 18.5 Å². The number of nitrogens with one attached hydrogen (secondary N) is 1. The van der Waals surface area contributed by atoms with E-state index in [0.717, 1.165) is 23.4 Å². The van der Waals surface area contributed by atoms with Crippen LogP contribution in [-0.2, 0) is 12.1 Å². The van der Waals surface area contributed by atoms with E-state index in [2.05, 4.69) is 24.4 Å². The average Bonchev–Trinajstić information content (AvgIpc) is 2.75. The van der Waals surface area contributed by atoms with Gasteiger partial charge in [-0.1, -0.05) is 54.6 Å². The molecule has 4 heteroatoms. The number of ether oxygens (including phenoxy) is 1. The largest absolute Gasteiger partial charge is 0.493 e. The second-order valence-corrected chi connectivity index (χ2v) is 7.40. The summed E-state index contributed by atoms with van der Waals surface area (Å²) in [5.41, 5.74) is 3.26. The Bertz CT molecular complexity index is 985. The molecule has 1 N–H and O–H groups in total. The SMILES string of the molecule is CCN1C(=O)c2ccccc2NC1(C)c1ccc(OCCc2ccccc2)cc1. The minimum absolute atomic E-state index is 0.0486. The Morgan fingerprint density at radius 1 is 0.931 bits per heavy atom. The van der Waals surface area contributed by atoms with Gasteiger partial charge in [0, 0.05) is 18.7 Å². The molecule has 0 radical (unpaired) electrons. The summed E-state index contributed by atoms with van der Waals surface area (Å²) < 4.78 is 5.91. The molecule has 148 valence electrons. The van der Waals surface area contributed by atoms with Crippen molar-refractivity contribution in [3.05, 3.63) is 95.6 Å². The highest BCUT2D eigenvalue weighted by molar-refractivity contribution is 6.02. The number of carbonyl (C=O) groups excluding carboxylic acids is 1. The fourth-order valence-electron chi connectivity index (χ4n) is 3.95. The van der Waals surface area contributed by atoms with E-state index in [1.807, 2.05) is 78.6 Å². The standard InChI is InChI=1S/C25H26N2O2/c1-3-27-24(28)22-11-7-8-12-23(22)26-25(27,2)20-13-15-21(16-14-20)29-18-17-19-9-5-4-6-10-19/h4-16,26H,3,17-18H2,1-2H3. The lowest BCUT2D eigenvalue weighted by molar-refractivity contribution is 0.0553. The predicted molar refractivity (Wildman–Crippen MR) is 116 cm³/mol. The fourth-order valence-corrected chi connectivity index (χ4v) is 3.95. The lowest BCUT2D eigenvalue weighted by Crippen LogP contribution is -2.55. The van der Waals surface area contributed by atoms with Crippen molar-refractivity contribution in [1.82, 2.24) is 4.90 Å². The average molecular weight is 386 g/mol. The van der Waals surface area contributed by atoms with E-state index in [0.29, 0.717) is 18.7 Å². The van der Waals surface area contributed by atoms with Gasteiger partial charge >= 0.3 is 0 Å². The maximum atomic E-state index is 13.0. The molecule has 0 saturated carbocycles. The first-order chi connectivity index (χ1) is 14.1. The van der Waals surface area contributed by atoms with Crippen LogP contribution in [0.3, 0.4) is 0 Å². The number of hydrogen-bond donors (Lipinski definition) is 1. The molecule has 1 heterocycles. The van der Waals surface area contributed by atoms with E-state index in [4.69, 9.17) is 4.74 Å². The zero-order valence-corrected chi connectivity index (χ0v) is 16.9. The van der Waals surface area contributed by atoms with Crippen LogP contribution in [0.25, 0.3) is 0 Å². The molecule has 0 bridgehead atoms. The molecule has 3 aromatic rings. The van der Waals surface area contributed by atoms with Crippen LogP contribution in [0.2, 0.25) is 0 Å². The number of amides is 1. The lowest BCUT2D eigenvalue weighted by Gasteiger charge is -2.46. The number of nitrogens with zero attached hydrogens (tertiary/aromatic N) is 1. The highest BCUT2D eigenvalue weighted by atomic mass is 16.5. The first-order valence-corrected chi connectivity index (χ1v) is 10.1. The molecule has 0 saturated heterocycles. The van der Waals surface area contributed by atoms with Gasteiger partial charge in [-0.05, 0) is 49.2 Å². The Morgan fingerprint density at radius 2 is 1.62 bits per heavy atom. The van der Waals surface area contributed by atoms with Crippen molar-refractivity contribution in [2.24, 2.45) is 0 Å². The van der Waals surface area contributed by atoms with Crippen LogP contribution in [0.15, 0.2) is 78.9 Å². The molecule has 1 aliphatic heterocycles. The Balaban J connectivity index is 1.51. The molecular formula is C25H26N2O2. The lowest BCUT2D eigenvalue weighted by atomic mass is 9.93. The van der Waals surface area contributed by atoms with E-state index in [1.54, 1.807) is 0 Å². The topological polar surface area (TPSA) is 41.6 Å². The third kappa shape index (κ3) is 3.70. The Hall–Kier alpha value is -3.27. The van der Waals surface area contributed by atoms with Crippen molar-refractivity contribution in [3.63, 3.8) is 0 Å². The molecule has 29 heavy (non-hydrogen) atoms. The molecule has 4 nitrogen and oxygen atoms in total. The summed E-state index contributed by atoms with van der Waals surface area (Å²) in [5.74, 6) is 0.881. The molecule has 1 unspecified atom stereocenters. The van der Waals surface area contributed by atoms with Crippen LogP contribution in [0.5, 0.6) is 5.75 Å². The first-order valence-electron chi connectivity index (χ1n) is 10.1. The number of benzene rings is 3. The van der Waals surface area contributed by atoms with Gasteiger partial charge in [0.1, 0.15) is 11.4 Å². The third-order valence-corrected chi connectivity index (χ3v) is 5.56. The summed E-state index contributed by atoms with van der Waals surface area (Å²) in [4.78, 5) is 14.9. The van der Waals surface area contributed by atoms with Crippen molar-refractivity contribution in [2.45, 2.75) is 25.9 Å². The minimum Gasteiger partial charge on any atom is -0.493 e. The molecule has 1 amide bonds. The van der Waals surface area contributed by atoms with E-state index >= 15 is 0 Å². The molecule has 3 aromatic carbocycles. The Labute approximate surface area is 172 Å². The quantitative estimate of drug-likeness (QED) is 0.643. The smallest absolute Gasteiger partial charge is 0.258 e. The van der Waals surface area contributed by atoms with Gasteiger partial charge in [-0.25, -0.2) is 0 Å². The number of anilines is 1. The highest BCUT2D eigenvalue weighted by Crippen LogP contribution is 2.37. The van der Waals surface area contributed by atoms with Crippen LogP contribution < -0.4 is 10.1 Å². The van der Waals surface area contributed by atoms with Crippen LogP contribution in [0.1, 0.15) is 35.3 Å². The summed E-state index contributed by atoms with van der Waals surface area (Å²) in [5, 5.41) is 3.57. The van der Waals surface area contributed by atoms with Crippen LogP contribution >= 0.6 is 0 Å². The van der Waals surface area contributed by atoms with E-state index in [9.17, 15) is 4.79 Å².